The van der Waals surface area contributed by atoms with Crippen LogP contribution in [-0.4, -0.2) is 34.4 Å². The topological polar surface area (TPSA) is 118 Å². The maximum absolute atomic E-state index is 12.5. The number of amides is 4. The molecular formula is C14H14N4O5. The summed E-state index contributed by atoms with van der Waals surface area (Å²) in [4.78, 5) is 37.3. The lowest BCUT2D eigenvalue weighted by Crippen LogP contribution is -2.41. The van der Waals surface area contributed by atoms with Gasteiger partial charge in [0.15, 0.2) is 11.4 Å². The van der Waals surface area contributed by atoms with E-state index in [2.05, 4.69) is 15.8 Å². The predicted octanol–water partition coefficient (Wildman–Crippen LogP) is 0.982. The largest absolute Gasteiger partial charge is 0.466 e. The van der Waals surface area contributed by atoms with Gasteiger partial charge in [0.1, 0.15) is 18.1 Å². The zero-order valence-corrected chi connectivity index (χ0v) is 12.5. The molecule has 2 N–H and O–H groups in total. The van der Waals surface area contributed by atoms with Crippen LogP contribution in [0.5, 0.6) is 0 Å². The highest BCUT2D eigenvalue weighted by molar-refractivity contribution is 6.09. The van der Waals surface area contributed by atoms with Crippen molar-refractivity contribution in [3.8, 4) is 0 Å². The van der Waals surface area contributed by atoms with Crippen LogP contribution in [0.25, 0.3) is 0 Å². The summed E-state index contributed by atoms with van der Waals surface area (Å²) < 4.78 is 10.0. The minimum atomic E-state index is -1.33. The number of anilines is 1. The number of rotatable bonds is 4. The third kappa shape index (κ3) is 2.56. The molecule has 9 heteroatoms. The second kappa shape index (κ2) is 5.27. The molecule has 0 saturated carbocycles. The third-order valence-electron chi connectivity index (χ3n) is 3.49. The van der Waals surface area contributed by atoms with Crippen molar-refractivity contribution in [1.29, 1.82) is 0 Å². The molecule has 1 atom stereocenters. The number of nitrogens with one attached hydrogen (secondary N) is 2. The molecule has 0 spiro atoms. The van der Waals surface area contributed by atoms with Gasteiger partial charge in [0.05, 0.1) is 6.26 Å². The highest BCUT2D eigenvalue weighted by Crippen LogP contribution is 2.28. The molecule has 4 amide bonds. The Hall–Kier alpha value is -3.10. The average molecular weight is 318 g/mol. The fourth-order valence-electron chi connectivity index (χ4n) is 2.32. The van der Waals surface area contributed by atoms with Crippen LogP contribution >= 0.6 is 0 Å². The van der Waals surface area contributed by atoms with E-state index in [0.717, 1.165) is 4.90 Å². The lowest BCUT2D eigenvalue weighted by molar-refractivity contribution is -0.134. The van der Waals surface area contributed by atoms with Gasteiger partial charge < -0.3 is 19.6 Å². The van der Waals surface area contributed by atoms with Crippen LogP contribution in [0, 0.1) is 6.92 Å². The third-order valence-corrected chi connectivity index (χ3v) is 3.49. The normalized spacial score (nSPS) is 20.7. The van der Waals surface area contributed by atoms with Crippen molar-refractivity contribution in [3.63, 3.8) is 0 Å². The number of furan rings is 1. The Morgan fingerprint density at radius 2 is 2.26 bits per heavy atom. The van der Waals surface area contributed by atoms with E-state index >= 15 is 0 Å². The number of imide groups is 1. The standard InChI is InChI=1S/C14H14N4O5/c1-8-6-10(17-23-8)15-11(19)7-18-12(20)14(2,16-13(18)21)9-4-3-5-22-9/h3-6H,7H2,1-2H3,(H,16,21)(H,15,17,19)/t14-/m1/s1. The number of aromatic nitrogens is 1. The highest BCUT2D eigenvalue weighted by atomic mass is 16.5. The molecule has 2 aromatic heterocycles. The van der Waals surface area contributed by atoms with Gasteiger partial charge in [-0.15, -0.1) is 0 Å². The first-order chi connectivity index (χ1) is 10.9. The van der Waals surface area contributed by atoms with Crippen LogP contribution in [0.2, 0.25) is 0 Å². The average Bonchev–Trinajstić information content (AvgIpc) is 3.19. The van der Waals surface area contributed by atoms with Gasteiger partial charge in [-0.2, -0.15) is 0 Å². The smallest absolute Gasteiger partial charge is 0.325 e. The van der Waals surface area contributed by atoms with Crippen LogP contribution < -0.4 is 10.6 Å². The van der Waals surface area contributed by atoms with Crippen molar-refractivity contribution in [1.82, 2.24) is 15.4 Å². The van der Waals surface area contributed by atoms with E-state index in [1.54, 1.807) is 19.1 Å². The maximum Gasteiger partial charge on any atom is 0.325 e. The van der Waals surface area contributed by atoms with Crippen LogP contribution in [0.1, 0.15) is 18.4 Å². The fourth-order valence-corrected chi connectivity index (χ4v) is 2.32. The van der Waals surface area contributed by atoms with Crippen molar-refractivity contribution < 1.29 is 23.3 Å². The number of carbonyl (C=O) groups excluding carboxylic acids is 3. The minimum absolute atomic E-state index is 0.216. The first-order valence-corrected chi connectivity index (χ1v) is 6.81. The molecule has 1 aliphatic heterocycles. The summed E-state index contributed by atoms with van der Waals surface area (Å²) in [5.41, 5.74) is -1.33. The lowest BCUT2D eigenvalue weighted by Gasteiger charge is -2.18. The van der Waals surface area contributed by atoms with E-state index in [1.807, 2.05) is 0 Å². The van der Waals surface area contributed by atoms with E-state index in [1.165, 1.54) is 19.3 Å². The fraction of sp³-hybridized carbons (Fsp3) is 0.286. The molecule has 120 valence electrons. The van der Waals surface area contributed by atoms with Crippen molar-refractivity contribution in [2.45, 2.75) is 19.4 Å². The molecular weight excluding hydrogens is 304 g/mol. The zero-order chi connectivity index (χ0) is 16.6. The van der Waals surface area contributed by atoms with Crippen molar-refractivity contribution in [2.75, 3.05) is 11.9 Å². The summed E-state index contributed by atoms with van der Waals surface area (Å²) >= 11 is 0. The van der Waals surface area contributed by atoms with E-state index in [4.69, 9.17) is 8.94 Å². The summed E-state index contributed by atoms with van der Waals surface area (Å²) in [6.07, 6.45) is 1.41. The summed E-state index contributed by atoms with van der Waals surface area (Å²) in [7, 11) is 0. The molecule has 1 fully saturated rings. The van der Waals surface area contributed by atoms with Gasteiger partial charge >= 0.3 is 6.03 Å². The van der Waals surface area contributed by atoms with E-state index in [0.29, 0.717) is 11.5 Å². The Balaban J connectivity index is 1.72. The van der Waals surface area contributed by atoms with E-state index in [9.17, 15) is 14.4 Å². The van der Waals surface area contributed by atoms with Crippen molar-refractivity contribution in [2.24, 2.45) is 0 Å². The Morgan fingerprint density at radius 1 is 1.48 bits per heavy atom. The molecule has 0 bridgehead atoms. The second-order valence-corrected chi connectivity index (χ2v) is 5.29. The molecule has 0 aromatic carbocycles. The van der Waals surface area contributed by atoms with Gasteiger partial charge in [-0.25, -0.2) is 4.79 Å². The van der Waals surface area contributed by atoms with E-state index < -0.39 is 29.9 Å². The molecule has 9 nitrogen and oxygen atoms in total. The minimum Gasteiger partial charge on any atom is -0.466 e. The predicted molar refractivity (Wildman–Crippen MR) is 76.2 cm³/mol. The number of nitrogens with zero attached hydrogens (tertiary/aromatic N) is 2. The quantitative estimate of drug-likeness (QED) is 0.811. The molecule has 3 heterocycles. The molecule has 3 rings (SSSR count). The maximum atomic E-state index is 12.5. The number of aryl methyl sites for hydroxylation is 1. The van der Waals surface area contributed by atoms with Crippen LogP contribution in [0.15, 0.2) is 33.4 Å². The first kappa shape index (κ1) is 14.8. The number of hydrogen-bond donors (Lipinski definition) is 2. The Morgan fingerprint density at radius 3 is 2.87 bits per heavy atom. The molecule has 1 aliphatic rings. The SMILES string of the molecule is Cc1cc(NC(=O)CN2C(=O)N[C@](C)(c3ccco3)C2=O)no1. The molecule has 0 radical (unpaired) electrons. The van der Waals surface area contributed by atoms with Gasteiger partial charge in [-0.3, -0.25) is 14.5 Å². The van der Waals surface area contributed by atoms with Gasteiger partial charge in [0.2, 0.25) is 5.91 Å². The van der Waals surface area contributed by atoms with Gasteiger partial charge in [-0.05, 0) is 26.0 Å². The van der Waals surface area contributed by atoms with Crippen LogP contribution in [-0.2, 0) is 15.1 Å². The van der Waals surface area contributed by atoms with Crippen molar-refractivity contribution in [3.05, 3.63) is 36.0 Å². The Kier molecular flexibility index (Phi) is 3.40. The van der Waals surface area contributed by atoms with Crippen molar-refractivity contribution >= 4 is 23.7 Å². The summed E-state index contributed by atoms with van der Waals surface area (Å²) in [6, 6.07) is 4.05. The second-order valence-electron chi connectivity index (χ2n) is 5.29. The number of hydrogen-bond acceptors (Lipinski definition) is 6. The Labute approximate surface area is 130 Å². The van der Waals surface area contributed by atoms with Crippen LogP contribution in [0.4, 0.5) is 10.6 Å². The Bertz CT molecular complexity index is 766. The molecule has 1 saturated heterocycles. The molecule has 0 unspecified atom stereocenters. The molecule has 23 heavy (non-hydrogen) atoms. The number of urea groups is 1. The molecule has 0 aliphatic carbocycles. The van der Waals surface area contributed by atoms with E-state index in [-0.39, 0.29) is 5.82 Å². The highest BCUT2D eigenvalue weighted by Gasteiger charge is 2.51. The zero-order valence-electron chi connectivity index (χ0n) is 12.5. The monoisotopic (exact) mass is 318 g/mol. The lowest BCUT2D eigenvalue weighted by atomic mass is 9.99. The van der Waals surface area contributed by atoms with Gasteiger partial charge in [0, 0.05) is 6.07 Å². The summed E-state index contributed by atoms with van der Waals surface area (Å²) in [5, 5.41) is 8.60. The van der Waals surface area contributed by atoms with Gasteiger partial charge in [0.25, 0.3) is 5.91 Å². The number of carbonyl (C=O) groups is 3. The first-order valence-electron chi connectivity index (χ1n) is 6.81. The molecule has 2 aromatic rings. The summed E-state index contributed by atoms with van der Waals surface area (Å²) in [6.45, 7) is 2.76. The van der Waals surface area contributed by atoms with Gasteiger partial charge in [-0.1, -0.05) is 5.16 Å². The summed E-state index contributed by atoms with van der Waals surface area (Å²) in [5.74, 6) is -0.0886. The van der Waals surface area contributed by atoms with Crippen LogP contribution in [0.3, 0.4) is 0 Å².